The molecule has 0 bridgehead atoms. The highest BCUT2D eigenvalue weighted by Crippen LogP contribution is 2.21. The molecule has 1 heterocycles. The van der Waals surface area contributed by atoms with E-state index in [-0.39, 0.29) is 0 Å². The van der Waals surface area contributed by atoms with Crippen molar-refractivity contribution in [1.82, 2.24) is 9.88 Å². The van der Waals surface area contributed by atoms with Gasteiger partial charge in [0.25, 0.3) is 0 Å². The Morgan fingerprint density at radius 1 is 1.53 bits per heavy atom. The predicted molar refractivity (Wildman–Crippen MR) is 75.7 cm³/mol. The fourth-order valence-corrected chi connectivity index (χ4v) is 2.78. The second-order valence-electron chi connectivity index (χ2n) is 4.73. The highest BCUT2D eigenvalue weighted by atomic mass is 32.1. The molecule has 98 valence electrons. The van der Waals surface area contributed by atoms with Crippen LogP contribution in [-0.2, 0) is 6.42 Å². The molecule has 0 aromatic carbocycles. The maximum Gasteiger partial charge on any atom is 0.0969 e. The van der Waals surface area contributed by atoms with E-state index in [1.54, 1.807) is 11.3 Å². The first-order chi connectivity index (χ1) is 8.17. The van der Waals surface area contributed by atoms with Crippen LogP contribution in [0.2, 0.25) is 0 Å². The van der Waals surface area contributed by atoms with E-state index in [4.69, 9.17) is 5.73 Å². The van der Waals surface area contributed by atoms with Gasteiger partial charge in [0.05, 0.1) is 10.7 Å². The summed E-state index contributed by atoms with van der Waals surface area (Å²) in [5.41, 5.74) is 6.69. The smallest absolute Gasteiger partial charge is 0.0969 e. The average molecular weight is 255 g/mol. The third-order valence-corrected chi connectivity index (χ3v) is 4.00. The average Bonchev–Trinajstić information content (AvgIpc) is 2.75. The van der Waals surface area contributed by atoms with Crippen LogP contribution in [0.5, 0.6) is 0 Å². The maximum absolute atomic E-state index is 5.54. The number of nitrogens with two attached hydrogens (primary N) is 1. The molecule has 0 saturated carbocycles. The quantitative estimate of drug-likeness (QED) is 0.776. The Labute approximate surface area is 109 Å². The van der Waals surface area contributed by atoms with Gasteiger partial charge in [-0.1, -0.05) is 20.3 Å². The highest BCUT2D eigenvalue weighted by molar-refractivity contribution is 7.09. The second kappa shape index (κ2) is 7.80. The summed E-state index contributed by atoms with van der Waals surface area (Å²) < 4.78 is 0. The van der Waals surface area contributed by atoms with E-state index in [1.807, 2.05) is 0 Å². The number of hydrogen-bond donors (Lipinski definition) is 1. The van der Waals surface area contributed by atoms with Crippen LogP contribution < -0.4 is 5.73 Å². The molecular formula is C13H25N3S. The van der Waals surface area contributed by atoms with Gasteiger partial charge < -0.3 is 10.6 Å². The van der Waals surface area contributed by atoms with Crippen LogP contribution in [0.15, 0.2) is 5.38 Å². The maximum atomic E-state index is 5.54. The minimum Gasteiger partial charge on any atom is -0.330 e. The van der Waals surface area contributed by atoms with Gasteiger partial charge >= 0.3 is 0 Å². The van der Waals surface area contributed by atoms with Crippen molar-refractivity contribution in [3.05, 3.63) is 16.1 Å². The third kappa shape index (κ3) is 5.15. The minimum atomic E-state index is 0.522. The van der Waals surface area contributed by atoms with E-state index in [9.17, 15) is 0 Å². The third-order valence-electron chi connectivity index (χ3n) is 2.87. The predicted octanol–water partition coefficient (Wildman–Crippen LogP) is 2.48. The van der Waals surface area contributed by atoms with Crippen molar-refractivity contribution < 1.29 is 0 Å². The van der Waals surface area contributed by atoms with Crippen LogP contribution in [0.1, 0.15) is 43.3 Å². The van der Waals surface area contributed by atoms with E-state index in [2.05, 4.69) is 36.2 Å². The number of aromatic nitrogens is 1. The summed E-state index contributed by atoms with van der Waals surface area (Å²) in [6.07, 6.45) is 3.44. The topological polar surface area (TPSA) is 42.2 Å². The van der Waals surface area contributed by atoms with E-state index in [0.717, 1.165) is 18.7 Å². The lowest BCUT2D eigenvalue weighted by Gasteiger charge is -2.19. The molecule has 0 fully saturated rings. The fourth-order valence-electron chi connectivity index (χ4n) is 1.88. The molecule has 1 aromatic heterocycles. The molecule has 0 aliphatic rings. The molecule has 1 atom stereocenters. The molecule has 0 saturated heterocycles. The van der Waals surface area contributed by atoms with Crippen molar-refractivity contribution in [3.63, 3.8) is 0 Å². The van der Waals surface area contributed by atoms with Crippen LogP contribution in [-0.4, -0.2) is 36.6 Å². The van der Waals surface area contributed by atoms with E-state index in [0.29, 0.717) is 12.5 Å². The van der Waals surface area contributed by atoms with Gasteiger partial charge in [-0.2, -0.15) is 0 Å². The lowest BCUT2D eigenvalue weighted by molar-refractivity contribution is 0.311. The van der Waals surface area contributed by atoms with Gasteiger partial charge in [0.15, 0.2) is 0 Å². The van der Waals surface area contributed by atoms with Crippen LogP contribution >= 0.6 is 11.3 Å². The van der Waals surface area contributed by atoms with Crippen molar-refractivity contribution in [2.45, 2.75) is 39.0 Å². The molecule has 17 heavy (non-hydrogen) atoms. The molecule has 0 radical (unpaired) electrons. The van der Waals surface area contributed by atoms with Crippen molar-refractivity contribution in [3.8, 4) is 0 Å². The van der Waals surface area contributed by atoms with Gasteiger partial charge in [0.1, 0.15) is 0 Å². The van der Waals surface area contributed by atoms with E-state index in [1.165, 1.54) is 24.4 Å². The summed E-state index contributed by atoms with van der Waals surface area (Å²) in [6.45, 7) is 7.45. The second-order valence-corrected chi connectivity index (χ2v) is 5.62. The standard InChI is InChI=1S/C13H25N3S/c1-4-5-8-16(3)9-11(2)13-15-12(6-7-14)10-17-13/h10-11H,4-9,14H2,1-3H3. The first-order valence-electron chi connectivity index (χ1n) is 6.50. The van der Waals surface area contributed by atoms with Crippen molar-refractivity contribution in [2.75, 3.05) is 26.7 Å². The fraction of sp³-hybridized carbons (Fsp3) is 0.769. The number of unbranched alkanes of at least 4 members (excludes halogenated alkanes) is 1. The summed E-state index contributed by atoms with van der Waals surface area (Å²) in [6, 6.07) is 0. The Kier molecular flexibility index (Phi) is 6.70. The number of hydrogen-bond acceptors (Lipinski definition) is 4. The number of likely N-dealkylation sites (N-methyl/N-ethyl adjacent to an activating group) is 1. The molecule has 1 aromatic rings. The first kappa shape index (κ1) is 14.6. The van der Waals surface area contributed by atoms with Crippen molar-refractivity contribution in [1.29, 1.82) is 0 Å². The Balaban J connectivity index is 2.42. The number of thiazole rings is 1. The van der Waals surface area contributed by atoms with Crippen LogP contribution in [0.4, 0.5) is 0 Å². The number of rotatable bonds is 8. The normalized spacial score (nSPS) is 13.2. The van der Waals surface area contributed by atoms with Gasteiger partial charge in [-0.15, -0.1) is 11.3 Å². The van der Waals surface area contributed by atoms with Crippen LogP contribution in [0.25, 0.3) is 0 Å². The lowest BCUT2D eigenvalue weighted by Crippen LogP contribution is -2.24. The molecule has 1 unspecified atom stereocenters. The zero-order chi connectivity index (χ0) is 12.7. The van der Waals surface area contributed by atoms with Gasteiger partial charge in [0.2, 0.25) is 0 Å². The largest absolute Gasteiger partial charge is 0.330 e. The van der Waals surface area contributed by atoms with E-state index >= 15 is 0 Å². The molecule has 0 amide bonds. The van der Waals surface area contributed by atoms with E-state index < -0.39 is 0 Å². The Morgan fingerprint density at radius 2 is 2.29 bits per heavy atom. The van der Waals surface area contributed by atoms with Gasteiger partial charge in [0, 0.05) is 24.3 Å². The van der Waals surface area contributed by atoms with Crippen LogP contribution in [0, 0.1) is 0 Å². The zero-order valence-corrected chi connectivity index (χ0v) is 12.1. The summed E-state index contributed by atoms with van der Waals surface area (Å²) in [5, 5.41) is 3.39. The molecule has 2 N–H and O–H groups in total. The molecule has 0 aliphatic carbocycles. The Morgan fingerprint density at radius 3 is 2.94 bits per heavy atom. The molecular weight excluding hydrogens is 230 g/mol. The zero-order valence-electron chi connectivity index (χ0n) is 11.3. The Bertz CT molecular complexity index is 311. The molecule has 1 rings (SSSR count). The minimum absolute atomic E-state index is 0.522. The van der Waals surface area contributed by atoms with Gasteiger partial charge in [-0.05, 0) is 26.6 Å². The highest BCUT2D eigenvalue weighted by Gasteiger charge is 2.12. The summed E-state index contributed by atoms with van der Waals surface area (Å²) in [4.78, 5) is 7.05. The molecule has 0 spiro atoms. The molecule has 0 aliphatic heterocycles. The molecule has 4 heteroatoms. The Hall–Kier alpha value is -0.450. The van der Waals surface area contributed by atoms with Crippen molar-refractivity contribution in [2.24, 2.45) is 5.73 Å². The van der Waals surface area contributed by atoms with Gasteiger partial charge in [-0.3, -0.25) is 0 Å². The summed E-state index contributed by atoms with van der Waals surface area (Å²) in [7, 11) is 2.20. The lowest BCUT2D eigenvalue weighted by atomic mass is 10.2. The molecule has 3 nitrogen and oxygen atoms in total. The van der Waals surface area contributed by atoms with Crippen molar-refractivity contribution >= 4 is 11.3 Å². The first-order valence-corrected chi connectivity index (χ1v) is 7.38. The van der Waals surface area contributed by atoms with Crippen LogP contribution in [0.3, 0.4) is 0 Å². The summed E-state index contributed by atoms with van der Waals surface area (Å²) >= 11 is 1.77. The number of nitrogens with zero attached hydrogens (tertiary/aromatic N) is 2. The monoisotopic (exact) mass is 255 g/mol. The SMILES string of the molecule is CCCCN(C)CC(C)c1nc(CCN)cs1. The summed E-state index contributed by atoms with van der Waals surface area (Å²) in [5.74, 6) is 0.522. The van der Waals surface area contributed by atoms with Gasteiger partial charge in [-0.25, -0.2) is 4.98 Å².